The molecule has 4 rings (SSSR count). The zero-order chi connectivity index (χ0) is 15.5. The van der Waals surface area contributed by atoms with Gasteiger partial charge in [-0.1, -0.05) is 20.3 Å². The van der Waals surface area contributed by atoms with Gasteiger partial charge in [0.15, 0.2) is 0 Å². The number of aliphatic hydroxyl groups is 2. The van der Waals surface area contributed by atoms with Gasteiger partial charge in [0.05, 0.1) is 6.10 Å². The van der Waals surface area contributed by atoms with Crippen LogP contribution in [0.2, 0.25) is 0 Å². The Labute approximate surface area is 135 Å². The molecule has 126 valence electrons. The normalized spacial score (nSPS) is 57.8. The lowest BCUT2D eigenvalue weighted by atomic mass is 9.44. The average Bonchev–Trinajstić information content (AvgIpc) is 2.81. The molecule has 0 aromatic heterocycles. The SMILES string of the molecule is C[C@]12CCC[C@@H](CO)[C@@H]1CC[C@@H]1[C@@H]2CC[C@]2(C)[C@@H](O)CC[C@@H]12. The van der Waals surface area contributed by atoms with Gasteiger partial charge < -0.3 is 10.2 Å². The Morgan fingerprint density at radius 3 is 2.32 bits per heavy atom. The smallest absolute Gasteiger partial charge is 0.0596 e. The van der Waals surface area contributed by atoms with Crippen molar-refractivity contribution in [1.82, 2.24) is 0 Å². The molecule has 4 fully saturated rings. The van der Waals surface area contributed by atoms with Gasteiger partial charge in [0.2, 0.25) is 0 Å². The molecule has 0 spiro atoms. The number of fused-ring (bicyclic) bond motifs is 5. The van der Waals surface area contributed by atoms with E-state index in [9.17, 15) is 10.2 Å². The molecule has 4 aliphatic rings. The van der Waals surface area contributed by atoms with Crippen LogP contribution in [0.4, 0.5) is 0 Å². The number of aliphatic hydroxyl groups excluding tert-OH is 2. The number of hydrogen-bond donors (Lipinski definition) is 2. The fourth-order valence-electron chi connectivity index (χ4n) is 7.77. The van der Waals surface area contributed by atoms with Crippen molar-refractivity contribution in [1.29, 1.82) is 0 Å². The first-order valence-electron chi connectivity index (χ1n) is 9.79. The Morgan fingerprint density at radius 1 is 0.818 bits per heavy atom. The van der Waals surface area contributed by atoms with E-state index in [1.54, 1.807) is 0 Å². The van der Waals surface area contributed by atoms with E-state index < -0.39 is 0 Å². The standard InChI is InChI=1S/C20H34O2/c1-19-10-3-4-13(12-21)15(19)6-5-14-16-7-8-18(22)20(16,2)11-9-17(14)19/h13-18,21-22H,3-12H2,1-2H3/t13-,14-,15-,16-,17-,18-,19-,20-/m0/s1. The van der Waals surface area contributed by atoms with E-state index in [0.29, 0.717) is 17.9 Å². The fourth-order valence-corrected chi connectivity index (χ4v) is 7.77. The Kier molecular flexibility index (Phi) is 3.66. The van der Waals surface area contributed by atoms with Gasteiger partial charge in [0.1, 0.15) is 0 Å². The van der Waals surface area contributed by atoms with Gasteiger partial charge in [-0.05, 0) is 91.8 Å². The predicted molar refractivity (Wildman–Crippen MR) is 88.3 cm³/mol. The van der Waals surface area contributed by atoms with Crippen LogP contribution in [0.5, 0.6) is 0 Å². The maximum Gasteiger partial charge on any atom is 0.0596 e. The molecule has 0 aliphatic heterocycles. The molecule has 0 amide bonds. The summed E-state index contributed by atoms with van der Waals surface area (Å²) < 4.78 is 0. The highest BCUT2D eigenvalue weighted by Crippen LogP contribution is 2.66. The fraction of sp³-hybridized carbons (Fsp3) is 1.00. The summed E-state index contributed by atoms with van der Waals surface area (Å²) in [5, 5.41) is 20.4. The topological polar surface area (TPSA) is 40.5 Å². The van der Waals surface area contributed by atoms with Crippen molar-refractivity contribution >= 4 is 0 Å². The third kappa shape index (κ3) is 1.92. The summed E-state index contributed by atoms with van der Waals surface area (Å²) in [6.07, 6.45) is 11.4. The second-order valence-corrected chi connectivity index (χ2v) is 9.54. The first-order chi connectivity index (χ1) is 10.5. The summed E-state index contributed by atoms with van der Waals surface area (Å²) in [7, 11) is 0. The molecular weight excluding hydrogens is 272 g/mol. The quantitative estimate of drug-likeness (QED) is 0.769. The molecule has 0 saturated heterocycles. The van der Waals surface area contributed by atoms with Crippen molar-refractivity contribution in [2.75, 3.05) is 6.61 Å². The van der Waals surface area contributed by atoms with Crippen LogP contribution in [0, 0.1) is 40.4 Å². The van der Waals surface area contributed by atoms with Crippen molar-refractivity contribution in [3.8, 4) is 0 Å². The third-order valence-electron chi connectivity index (χ3n) is 8.99. The minimum absolute atomic E-state index is 0.0551. The average molecular weight is 306 g/mol. The Bertz CT molecular complexity index is 435. The monoisotopic (exact) mass is 306 g/mol. The maximum atomic E-state index is 10.5. The summed E-state index contributed by atoms with van der Waals surface area (Å²) in [6, 6.07) is 0. The summed E-state index contributed by atoms with van der Waals surface area (Å²) in [6.45, 7) is 5.33. The summed E-state index contributed by atoms with van der Waals surface area (Å²) in [5.41, 5.74) is 0.666. The molecule has 0 aromatic carbocycles. The van der Waals surface area contributed by atoms with E-state index in [1.165, 1.54) is 51.4 Å². The zero-order valence-corrected chi connectivity index (χ0v) is 14.4. The lowest BCUT2D eigenvalue weighted by Gasteiger charge is -2.61. The molecule has 0 unspecified atom stereocenters. The van der Waals surface area contributed by atoms with E-state index in [1.807, 2.05) is 0 Å². The second-order valence-electron chi connectivity index (χ2n) is 9.54. The molecule has 0 radical (unpaired) electrons. The minimum Gasteiger partial charge on any atom is -0.396 e. The van der Waals surface area contributed by atoms with Gasteiger partial charge in [-0.25, -0.2) is 0 Å². The van der Waals surface area contributed by atoms with E-state index in [4.69, 9.17) is 0 Å². The van der Waals surface area contributed by atoms with E-state index >= 15 is 0 Å². The van der Waals surface area contributed by atoms with Crippen LogP contribution >= 0.6 is 0 Å². The van der Waals surface area contributed by atoms with Crippen molar-refractivity contribution in [2.45, 2.75) is 77.7 Å². The Hall–Kier alpha value is -0.0800. The maximum absolute atomic E-state index is 10.5. The van der Waals surface area contributed by atoms with Crippen LogP contribution < -0.4 is 0 Å². The molecule has 0 bridgehead atoms. The molecule has 2 N–H and O–H groups in total. The lowest BCUT2D eigenvalue weighted by Crippen LogP contribution is -2.55. The van der Waals surface area contributed by atoms with Gasteiger partial charge in [-0.15, -0.1) is 0 Å². The van der Waals surface area contributed by atoms with Crippen LogP contribution in [0.3, 0.4) is 0 Å². The molecule has 0 heterocycles. The van der Waals surface area contributed by atoms with Crippen LogP contribution in [0.15, 0.2) is 0 Å². The summed E-state index contributed by atoms with van der Waals surface area (Å²) in [4.78, 5) is 0. The van der Waals surface area contributed by atoms with Crippen LogP contribution in [0.25, 0.3) is 0 Å². The summed E-state index contributed by atoms with van der Waals surface area (Å²) in [5.74, 6) is 3.76. The largest absolute Gasteiger partial charge is 0.396 e. The van der Waals surface area contributed by atoms with Crippen LogP contribution in [-0.4, -0.2) is 22.9 Å². The third-order valence-corrected chi connectivity index (χ3v) is 8.99. The molecule has 22 heavy (non-hydrogen) atoms. The van der Waals surface area contributed by atoms with Crippen molar-refractivity contribution < 1.29 is 10.2 Å². The molecular formula is C20H34O2. The molecule has 8 atom stereocenters. The van der Waals surface area contributed by atoms with Gasteiger partial charge in [-0.3, -0.25) is 0 Å². The van der Waals surface area contributed by atoms with Crippen molar-refractivity contribution in [3.63, 3.8) is 0 Å². The Balaban J connectivity index is 1.63. The van der Waals surface area contributed by atoms with Gasteiger partial charge in [0, 0.05) is 6.61 Å². The minimum atomic E-state index is -0.0551. The highest BCUT2D eigenvalue weighted by atomic mass is 16.3. The Morgan fingerprint density at radius 2 is 1.55 bits per heavy atom. The van der Waals surface area contributed by atoms with Gasteiger partial charge in [-0.2, -0.15) is 0 Å². The molecule has 4 aliphatic carbocycles. The van der Waals surface area contributed by atoms with Gasteiger partial charge >= 0.3 is 0 Å². The highest BCUT2D eigenvalue weighted by Gasteiger charge is 2.60. The van der Waals surface area contributed by atoms with Crippen LogP contribution in [-0.2, 0) is 0 Å². The van der Waals surface area contributed by atoms with Crippen molar-refractivity contribution in [3.05, 3.63) is 0 Å². The molecule has 4 saturated carbocycles. The second kappa shape index (κ2) is 5.21. The number of hydrogen-bond acceptors (Lipinski definition) is 2. The van der Waals surface area contributed by atoms with E-state index in [-0.39, 0.29) is 11.5 Å². The number of rotatable bonds is 1. The van der Waals surface area contributed by atoms with Crippen molar-refractivity contribution in [2.24, 2.45) is 40.4 Å². The predicted octanol–water partition coefficient (Wildman–Crippen LogP) is 4.00. The molecule has 2 nitrogen and oxygen atoms in total. The van der Waals surface area contributed by atoms with Crippen LogP contribution in [0.1, 0.15) is 71.6 Å². The van der Waals surface area contributed by atoms with E-state index in [2.05, 4.69) is 13.8 Å². The lowest BCUT2D eigenvalue weighted by molar-refractivity contribution is -0.138. The molecule has 0 aromatic rings. The molecule has 2 heteroatoms. The van der Waals surface area contributed by atoms with Gasteiger partial charge in [0.25, 0.3) is 0 Å². The zero-order valence-electron chi connectivity index (χ0n) is 14.4. The first kappa shape index (κ1) is 15.4. The first-order valence-corrected chi connectivity index (χ1v) is 9.79. The van der Waals surface area contributed by atoms with E-state index in [0.717, 1.165) is 30.1 Å². The highest BCUT2D eigenvalue weighted by molar-refractivity contribution is 5.09. The summed E-state index contributed by atoms with van der Waals surface area (Å²) >= 11 is 0.